The Labute approximate surface area is 181 Å². The Kier molecular flexibility index (Phi) is 8.71. The van der Waals surface area contributed by atoms with Gasteiger partial charge in [0.1, 0.15) is 0 Å². The smallest absolute Gasteiger partial charge is 0.0639 e. The first-order valence-electron chi connectivity index (χ1n) is 10.0. The maximum Gasteiger partial charge on any atom is 0.0639 e. The van der Waals surface area contributed by atoms with Crippen LogP contribution in [0.3, 0.4) is 0 Å². The lowest BCUT2D eigenvalue weighted by Gasteiger charge is -2.07. The largest absolute Gasteiger partial charge is 0.288 e. The zero-order valence-electron chi connectivity index (χ0n) is 18.4. The quantitative estimate of drug-likeness (QED) is 0.331. The predicted molar refractivity (Wildman–Crippen MR) is 134 cm³/mol. The topological polar surface area (TPSA) is 24.7 Å². The minimum absolute atomic E-state index is 0.751. The summed E-state index contributed by atoms with van der Waals surface area (Å²) in [6.07, 6.45) is 11.7. The molecule has 0 saturated carbocycles. The molecule has 0 heterocycles. The van der Waals surface area contributed by atoms with Crippen LogP contribution in [-0.2, 0) is 0 Å². The number of allylic oxidation sites excluding steroid dienone is 7. The highest BCUT2D eigenvalue weighted by molar-refractivity contribution is 6.09. The highest BCUT2D eigenvalue weighted by Crippen LogP contribution is 2.20. The molecule has 0 atom stereocenters. The second-order valence-corrected chi connectivity index (χ2v) is 6.88. The number of hydrogen-bond acceptors (Lipinski definition) is 2. The van der Waals surface area contributed by atoms with Crippen molar-refractivity contribution in [2.45, 2.75) is 20.8 Å². The van der Waals surface area contributed by atoms with Crippen molar-refractivity contribution in [3.8, 4) is 0 Å². The molecule has 0 aliphatic rings. The fourth-order valence-corrected chi connectivity index (χ4v) is 2.97. The first-order chi connectivity index (χ1) is 14.5. The third-order valence-corrected chi connectivity index (χ3v) is 4.73. The third kappa shape index (κ3) is 6.25. The first kappa shape index (κ1) is 22.8. The molecule has 30 heavy (non-hydrogen) atoms. The zero-order chi connectivity index (χ0) is 21.9. The maximum absolute atomic E-state index is 4.72. The summed E-state index contributed by atoms with van der Waals surface area (Å²) >= 11 is 0. The van der Waals surface area contributed by atoms with E-state index in [9.17, 15) is 0 Å². The normalized spacial score (nSPS) is 13.3. The van der Waals surface area contributed by atoms with Gasteiger partial charge in [-0.15, -0.1) is 0 Å². The van der Waals surface area contributed by atoms with E-state index in [0.29, 0.717) is 0 Å². The van der Waals surface area contributed by atoms with Crippen molar-refractivity contribution < 1.29 is 0 Å². The Morgan fingerprint density at radius 2 is 1.40 bits per heavy atom. The molecule has 2 rings (SSSR count). The molecule has 2 aromatic rings. The van der Waals surface area contributed by atoms with Crippen LogP contribution in [0, 0.1) is 0 Å². The van der Waals surface area contributed by atoms with Crippen molar-refractivity contribution in [1.29, 1.82) is 0 Å². The summed E-state index contributed by atoms with van der Waals surface area (Å²) in [6, 6.07) is 16.6. The molecule has 0 N–H and O–H groups in total. The van der Waals surface area contributed by atoms with E-state index in [0.717, 1.165) is 33.8 Å². The van der Waals surface area contributed by atoms with Crippen molar-refractivity contribution in [2.75, 3.05) is 7.05 Å². The summed E-state index contributed by atoms with van der Waals surface area (Å²) in [5.41, 5.74) is 8.19. The predicted octanol–water partition coefficient (Wildman–Crippen LogP) is 7.31. The van der Waals surface area contributed by atoms with Crippen molar-refractivity contribution in [3.63, 3.8) is 0 Å². The molecule has 0 fully saturated rings. The van der Waals surface area contributed by atoms with Gasteiger partial charge in [-0.05, 0) is 54.7 Å². The molecule has 2 aromatic carbocycles. The molecular formula is C28H30N2. The average molecular weight is 395 g/mol. The van der Waals surface area contributed by atoms with Gasteiger partial charge in [0, 0.05) is 12.8 Å². The van der Waals surface area contributed by atoms with Gasteiger partial charge in [-0.2, -0.15) is 0 Å². The molecule has 0 aromatic heterocycles. The molecule has 0 unspecified atom stereocenters. The highest BCUT2D eigenvalue weighted by atomic mass is 14.7. The highest BCUT2D eigenvalue weighted by Gasteiger charge is 2.04. The Balaban J connectivity index is 2.16. The summed E-state index contributed by atoms with van der Waals surface area (Å²) in [5, 5.41) is 0. The van der Waals surface area contributed by atoms with Crippen LogP contribution < -0.4 is 0 Å². The lowest BCUT2D eigenvalue weighted by atomic mass is 10.0. The van der Waals surface area contributed by atoms with Gasteiger partial charge in [-0.3, -0.25) is 9.98 Å². The summed E-state index contributed by atoms with van der Waals surface area (Å²) in [6.45, 7) is 13.9. The van der Waals surface area contributed by atoms with E-state index in [1.54, 1.807) is 13.1 Å². The van der Waals surface area contributed by atoms with Gasteiger partial charge in [0.25, 0.3) is 0 Å². The van der Waals surface area contributed by atoms with Gasteiger partial charge in [0.05, 0.1) is 11.4 Å². The number of benzene rings is 2. The number of hydrogen-bond donors (Lipinski definition) is 0. The van der Waals surface area contributed by atoms with E-state index >= 15 is 0 Å². The minimum Gasteiger partial charge on any atom is -0.288 e. The average Bonchev–Trinajstić information content (AvgIpc) is 2.77. The maximum atomic E-state index is 4.72. The SMILES string of the molecule is C=C/C=C\C=C(/C)c1ccc(C(=C)N=C(C)c2ccc(C(/C=C\C)=NC)cc2)cc1. The van der Waals surface area contributed by atoms with Crippen LogP contribution in [0.25, 0.3) is 11.3 Å². The lowest BCUT2D eigenvalue weighted by Crippen LogP contribution is -2.00. The van der Waals surface area contributed by atoms with Crippen molar-refractivity contribution in [2.24, 2.45) is 9.98 Å². The van der Waals surface area contributed by atoms with Crippen LogP contribution in [-0.4, -0.2) is 18.5 Å². The summed E-state index contributed by atoms with van der Waals surface area (Å²) in [5.74, 6) is 0. The molecule has 0 amide bonds. The molecule has 0 aliphatic carbocycles. The summed E-state index contributed by atoms with van der Waals surface area (Å²) in [7, 11) is 1.81. The van der Waals surface area contributed by atoms with Crippen LogP contribution >= 0.6 is 0 Å². The lowest BCUT2D eigenvalue weighted by molar-refractivity contribution is 1.42. The standard InChI is InChI=1S/C28H30N2/c1-7-9-10-12-21(3)24-13-15-25(16-14-24)22(4)30-23(5)26-17-19-27(20-18-26)28(29-6)11-8-2/h7-20H,1,4H2,2-3,5-6H3/b10-9-,11-8-,21-12+,29-28?,30-23?. The van der Waals surface area contributed by atoms with Crippen molar-refractivity contribution in [1.82, 2.24) is 0 Å². The Bertz CT molecular complexity index is 1030. The number of aliphatic imine (C=N–C) groups is 2. The molecule has 0 bridgehead atoms. The minimum atomic E-state index is 0.751. The zero-order valence-corrected chi connectivity index (χ0v) is 18.4. The van der Waals surface area contributed by atoms with E-state index in [-0.39, 0.29) is 0 Å². The fourth-order valence-electron chi connectivity index (χ4n) is 2.97. The number of nitrogens with zero attached hydrogens (tertiary/aromatic N) is 2. The monoisotopic (exact) mass is 394 g/mol. The van der Waals surface area contributed by atoms with Gasteiger partial charge in [0.15, 0.2) is 0 Å². The summed E-state index contributed by atoms with van der Waals surface area (Å²) < 4.78 is 0. The van der Waals surface area contributed by atoms with Crippen LogP contribution in [0.1, 0.15) is 43.0 Å². The van der Waals surface area contributed by atoms with E-state index in [4.69, 9.17) is 4.99 Å². The number of rotatable bonds is 8. The van der Waals surface area contributed by atoms with Gasteiger partial charge >= 0.3 is 0 Å². The van der Waals surface area contributed by atoms with E-state index in [1.807, 2.05) is 38.2 Å². The summed E-state index contributed by atoms with van der Waals surface area (Å²) in [4.78, 5) is 9.05. The molecule has 2 heteroatoms. The molecule has 0 saturated heterocycles. The first-order valence-corrected chi connectivity index (χ1v) is 10.0. The van der Waals surface area contributed by atoms with Gasteiger partial charge in [0.2, 0.25) is 0 Å². The fraction of sp³-hybridized carbons (Fsp3) is 0.143. The molecule has 2 nitrogen and oxygen atoms in total. The van der Waals surface area contributed by atoms with Gasteiger partial charge in [-0.1, -0.05) is 92.1 Å². The third-order valence-electron chi connectivity index (χ3n) is 4.73. The van der Waals surface area contributed by atoms with E-state index < -0.39 is 0 Å². The van der Waals surface area contributed by atoms with Crippen molar-refractivity contribution >= 4 is 22.7 Å². The Hall–Kier alpha value is -3.52. The Morgan fingerprint density at radius 1 is 0.833 bits per heavy atom. The van der Waals surface area contributed by atoms with Gasteiger partial charge < -0.3 is 0 Å². The Morgan fingerprint density at radius 3 is 1.97 bits per heavy atom. The van der Waals surface area contributed by atoms with Crippen LogP contribution in [0.2, 0.25) is 0 Å². The molecule has 0 radical (unpaired) electrons. The van der Waals surface area contributed by atoms with Crippen molar-refractivity contribution in [3.05, 3.63) is 120 Å². The molecular weight excluding hydrogens is 364 g/mol. The molecule has 0 spiro atoms. The molecule has 152 valence electrons. The molecule has 0 aliphatic heterocycles. The second-order valence-electron chi connectivity index (χ2n) is 6.88. The van der Waals surface area contributed by atoms with Crippen LogP contribution in [0.5, 0.6) is 0 Å². The second kappa shape index (κ2) is 11.5. The van der Waals surface area contributed by atoms with Gasteiger partial charge in [-0.25, -0.2) is 0 Å². The van der Waals surface area contributed by atoms with E-state index in [1.165, 1.54) is 11.1 Å². The van der Waals surface area contributed by atoms with E-state index in [2.05, 4.69) is 79.7 Å². The van der Waals surface area contributed by atoms with Crippen LogP contribution in [0.15, 0.2) is 108 Å². The van der Waals surface area contributed by atoms with Crippen LogP contribution in [0.4, 0.5) is 0 Å².